The first-order valence-electron chi connectivity index (χ1n) is 9.15. The average Bonchev–Trinajstić information content (AvgIpc) is 2.91. The summed E-state index contributed by atoms with van der Waals surface area (Å²) in [6.07, 6.45) is 3.23. The summed E-state index contributed by atoms with van der Waals surface area (Å²) in [7, 11) is 0. The normalized spacial score (nSPS) is 24.2. The van der Waals surface area contributed by atoms with Crippen molar-refractivity contribution >= 4 is 11.8 Å². The van der Waals surface area contributed by atoms with Crippen molar-refractivity contribution in [2.24, 2.45) is 11.8 Å². The molecule has 1 aromatic rings. The minimum atomic E-state index is 0.177. The van der Waals surface area contributed by atoms with Crippen LogP contribution in [-0.2, 0) is 16.1 Å². The topological polar surface area (TPSA) is 40.6 Å². The molecule has 2 aliphatic rings. The molecule has 2 saturated heterocycles. The number of benzene rings is 1. The number of fused-ring (bicyclic) bond motifs is 1. The third kappa shape index (κ3) is 3.80. The number of likely N-dealkylation sites (tertiary alicyclic amines) is 2. The number of amides is 2. The van der Waals surface area contributed by atoms with Crippen LogP contribution in [0.1, 0.15) is 45.1 Å². The van der Waals surface area contributed by atoms with E-state index in [0.29, 0.717) is 37.8 Å². The highest BCUT2D eigenvalue weighted by molar-refractivity contribution is 5.79. The molecule has 0 spiro atoms. The number of hydrogen-bond acceptors (Lipinski definition) is 2. The SMILES string of the molecule is CC(C)CC(=O)N1C[C@H]2CCCC(=O)N(Cc3ccccc3)[C@H]2C1. The zero-order chi connectivity index (χ0) is 17.1. The van der Waals surface area contributed by atoms with Gasteiger partial charge in [-0.3, -0.25) is 9.59 Å². The van der Waals surface area contributed by atoms with Crippen molar-refractivity contribution < 1.29 is 9.59 Å². The molecule has 0 saturated carbocycles. The van der Waals surface area contributed by atoms with Gasteiger partial charge in [-0.15, -0.1) is 0 Å². The van der Waals surface area contributed by atoms with Crippen molar-refractivity contribution in [3.63, 3.8) is 0 Å². The van der Waals surface area contributed by atoms with Crippen molar-refractivity contribution in [3.05, 3.63) is 35.9 Å². The first-order valence-corrected chi connectivity index (χ1v) is 9.15. The number of rotatable bonds is 4. The quantitative estimate of drug-likeness (QED) is 0.852. The van der Waals surface area contributed by atoms with Gasteiger partial charge in [-0.25, -0.2) is 0 Å². The maximum absolute atomic E-state index is 12.6. The van der Waals surface area contributed by atoms with E-state index >= 15 is 0 Å². The summed E-state index contributed by atoms with van der Waals surface area (Å²) < 4.78 is 0. The van der Waals surface area contributed by atoms with Crippen LogP contribution < -0.4 is 0 Å². The first-order chi connectivity index (χ1) is 11.5. The summed E-state index contributed by atoms with van der Waals surface area (Å²) in [4.78, 5) is 29.1. The van der Waals surface area contributed by atoms with E-state index in [9.17, 15) is 9.59 Å². The zero-order valence-electron chi connectivity index (χ0n) is 14.8. The van der Waals surface area contributed by atoms with E-state index in [0.717, 1.165) is 19.4 Å². The summed E-state index contributed by atoms with van der Waals surface area (Å²) >= 11 is 0. The minimum Gasteiger partial charge on any atom is -0.340 e. The van der Waals surface area contributed by atoms with Crippen molar-refractivity contribution in [2.75, 3.05) is 13.1 Å². The van der Waals surface area contributed by atoms with Gasteiger partial charge in [-0.2, -0.15) is 0 Å². The first kappa shape index (κ1) is 17.0. The molecule has 3 rings (SSSR count). The second kappa shape index (κ2) is 7.37. The highest BCUT2D eigenvalue weighted by Crippen LogP contribution is 2.32. The van der Waals surface area contributed by atoms with Crippen molar-refractivity contribution in [1.29, 1.82) is 0 Å². The second-order valence-corrected chi connectivity index (χ2v) is 7.62. The Kier molecular flexibility index (Phi) is 5.22. The summed E-state index contributed by atoms with van der Waals surface area (Å²) in [5.74, 6) is 1.29. The molecule has 2 amide bonds. The Balaban J connectivity index is 1.75. The Morgan fingerprint density at radius 3 is 2.67 bits per heavy atom. The summed E-state index contributed by atoms with van der Waals surface area (Å²) in [6, 6.07) is 10.4. The number of hydrogen-bond donors (Lipinski definition) is 0. The lowest BCUT2D eigenvalue weighted by Gasteiger charge is -2.30. The van der Waals surface area contributed by atoms with Gasteiger partial charge in [0.25, 0.3) is 0 Å². The highest BCUT2D eigenvalue weighted by Gasteiger charge is 2.41. The predicted octanol–water partition coefficient (Wildman–Crippen LogP) is 3.07. The average molecular weight is 328 g/mol. The largest absolute Gasteiger partial charge is 0.340 e. The van der Waals surface area contributed by atoms with Crippen LogP contribution in [0.5, 0.6) is 0 Å². The molecule has 4 nitrogen and oxygen atoms in total. The Labute approximate surface area is 144 Å². The number of carbonyl (C=O) groups is 2. The zero-order valence-corrected chi connectivity index (χ0v) is 14.8. The molecule has 0 aromatic heterocycles. The molecular weight excluding hydrogens is 300 g/mol. The molecule has 2 fully saturated rings. The summed E-state index contributed by atoms with van der Waals surface area (Å²) in [6.45, 7) is 6.34. The summed E-state index contributed by atoms with van der Waals surface area (Å²) in [5, 5.41) is 0. The lowest BCUT2D eigenvalue weighted by Crippen LogP contribution is -2.43. The molecule has 0 N–H and O–H groups in total. The minimum absolute atomic E-state index is 0.177. The van der Waals surface area contributed by atoms with Crippen LogP contribution in [0, 0.1) is 11.8 Å². The third-order valence-electron chi connectivity index (χ3n) is 5.22. The third-order valence-corrected chi connectivity index (χ3v) is 5.22. The molecule has 0 aliphatic carbocycles. The lowest BCUT2D eigenvalue weighted by atomic mass is 9.98. The van der Waals surface area contributed by atoms with Crippen molar-refractivity contribution in [2.45, 2.75) is 52.1 Å². The van der Waals surface area contributed by atoms with Gasteiger partial charge in [0, 0.05) is 32.5 Å². The van der Waals surface area contributed by atoms with E-state index in [1.807, 2.05) is 28.0 Å². The van der Waals surface area contributed by atoms with Crippen LogP contribution in [0.15, 0.2) is 30.3 Å². The smallest absolute Gasteiger partial charge is 0.223 e. The van der Waals surface area contributed by atoms with E-state index in [-0.39, 0.29) is 17.9 Å². The van der Waals surface area contributed by atoms with Crippen molar-refractivity contribution in [1.82, 2.24) is 9.80 Å². The lowest BCUT2D eigenvalue weighted by molar-refractivity contribution is -0.135. The molecule has 24 heavy (non-hydrogen) atoms. The van der Waals surface area contributed by atoms with Gasteiger partial charge >= 0.3 is 0 Å². The van der Waals surface area contributed by atoms with Crippen LogP contribution >= 0.6 is 0 Å². The Morgan fingerprint density at radius 1 is 1.21 bits per heavy atom. The molecule has 2 atom stereocenters. The second-order valence-electron chi connectivity index (χ2n) is 7.62. The van der Waals surface area contributed by atoms with Gasteiger partial charge in [0.2, 0.25) is 11.8 Å². The molecule has 0 radical (unpaired) electrons. The molecule has 1 aromatic carbocycles. The van der Waals surface area contributed by atoms with Crippen LogP contribution in [0.3, 0.4) is 0 Å². The summed E-state index contributed by atoms with van der Waals surface area (Å²) in [5.41, 5.74) is 1.17. The Morgan fingerprint density at radius 2 is 1.96 bits per heavy atom. The van der Waals surface area contributed by atoms with E-state index in [1.165, 1.54) is 5.56 Å². The molecule has 2 heterocycles. The fourth-order valence-corrected chi connectivity index (χ4v) is 4.00. The molecule has 0 unspecified atom stereocenters. The van der Waals surface area contributed by atoms with Gasteiger partial charge in [-0.1, -0.05) is 44.2 Å². The maximum Gasteiger partial charge on any atom is 0.223 e. The van der Waals surface area contributed by atoms with E-state index in [4.69, 9.17) is 0 Å². The van der Waals surface area contributed by atoms with Crippen LogP contribution in [-0.4, -0.2) is 40.7 Å². The number of nitrogens with zero attached hydrogens (tertiary/aromatic N) is 2. The molecule has 4 heteroatoms. The van der Waals surface area contributed by atoms with E-state index in [1.54, 1.807) is 0 Å². The van der Waals surface area contributed by atoms with Crippen LogP contribution in [0.25, 0.3) is 0 Å². The van der Waals surface area contributed by atoms with Crippen molar-refractivity contribution in [3.8, 4) is 0 Å². The molecule has 130 valence electrons. The highest BCUT2D eigenvalue weighted by atomic mass is 16.2. The Hall–Kier alpha value is -1.84. The van der Waals surface area contributed by atoms with E-state index < -0.39 is 0 Å². The van der Waals surface area contributed by atoms with Crippen LogP contribution in [0.4, 0.5) is 0 Å². The molecule has 0 bridgehead atoms. The standard InChI is InChI=1S/C20H28N2O2/c1-15(2)11-20(24)21-13-17-9-6-10-19(23)22(18(17)14-21)12-16-7-4-3-5-8-16/h3-5,7-8,15,17-18H,6,9-14H2,1-2H3/t17-,18+/m1/s1. The molecular formula is C20H28N2O2. The van der Waals surface area contributed by atoms with Gasteiger partial charge in [0.1, 0.15) is 0 Å². The number of carbonyl (C=O) groups excluding carboxylic acids is 2. The predicted molar refractivity (Wildman–Crippen MR) is 94.2 cm³/mol. The monoisotopic (exact) mass is 328 g/mol. The Bertz CT molecular complexity index is 585. The van der Waals surface area contributed by atoms with E-state index in [2.05, 4.69) is 26.0 Å². The fraction of sp³-hybridized carbons (Fsp3) is 0.600. The van der Waals surface area contributed by atoms with Crippen LogP contribution in [0.2, 0.25) is 0 Å². The fourth-order valence-electron chi connectivity index (χ4n) is 4.00. The van der Waals surface area contributed by atoms with Gasteiger partial charge in [0.15, 0.2) is 0 Å². The van der Waals surface area contributed by atoms with Gasteiger partial charge < -0.3 is 9.80 Å². The maximum atomic E-state index is 12.6. The molecule has 2 aliphatic heterocycles. The van der Waals surface area contributed by atoms with Gasteiger partial charge in [0.05, 0.1) is 6.04 Å². The van der Waals surface area contributed by atoms with Gasteiger partial charge in [-0.05, 0) is 30.2 Å².